The van der Waals surface area contributed by atoms with Gasteiger partial charge in [-0.05, 0) is 50.6 Å². The summed E-state index contributed by atoms with van der Waals surface area (Å²) in [7, 11) is 0. The first-order valence-electron chi connectivity index (χ1n) is 9.44. The largest absolute Gasteiger partial charge is 0.451 e. The van der Waals surface area contributed by atoms with Gasteiger partial charge in [-0.15, -0.1) is 0 Å². The van der Waals surface area contributed by atoms with E-state index in [1.54, 1.807) is 31.2 Å². The predicted octanol–water partition coefficient (Wildman–Crippen LogP) is 2.62. The molecule has 0 aliphatic carbocycles. The van der Waals surface area contributed by atoms with Gasteiger partial charge >= 0.3 is 5.97 Å². The number of amides is 3. The van der Waals surface area contributed by atoms with E-state index in [9.17, 15) is 23.6 Å². The first-order chi connectivity index (χ1) is 14.2. The van der Waals surface area contributed by atoms with Crippen molar-refractivity contribution in [3.05, 3.63) is 71.0 Å². The molecule has 2 aromatic carbocycles. The number of nitrogens with zero attached hydrogens (tertiary/aromatic N) is 1. The van der Waals surface area contributed by atoms with Gasteiger partial charge in [0.15, 0.2) is 6.10 Å². The summed E-state index contributed by atoms with van der Waals surface area (Å²) in [6, 6.07) is 10.3. The number of carbonyl (C=O) groups excluding carboxylic acids is 4. The number of carbonyl (C=O) groups is 4. The molecule has 30 heavy (non-hydrogen) atoms. The van der Waals surface area contributed by atoms with Crippen molar-refractivity contribution >= 4 is 23.7 Å². The van der Waals surface area contributed by atoms with E-state index in [0.717, 1.165) is 4.90 Å². The van der Waals surface area contributed by atoms with Crippen molar-refractivity contribution in [2.75, 3.05) is 0 Å². The van der Waals surface area contributed by atoms with Crippen LogP contribution in [0.3, 0.4) is 0 Å². The molecule has 1 aliphatic rings. The summed E-state index contributed by atoms with van der Waals surface area (Å²) in [5.74, 6) is -2.98. The molecule has 3 atom stereocenters. The van der Waals surface area contributed by atoms with Gasteiger partial charge in [0.25, 0.3) is 17.7 Å². The maximum Gasteiger partial charge on any atom is 0.329 e. The number of benzene rings is 2. The number of hydrogen-bond acceptors (Lipinski definition) is 5. The van der Waals surface area contributed by atoms with E-state index < -0.39 is 41.9 Å². The fourth-order valence-corrected chi connectivity index (χ4v) is 3.16. The van der Waals surface area contributed by atoms with E-state index in [2.05, 4.69) is 5.32 Å². The van der Waals surface area contributed by atoms with Crippen molar-refractivity contribution in [2.24, 2.45) is 0 Å². The Hall–Kier alpha value is -3.55. The summed E-state index contributed by atoms with van der Waals surface area (Å²) < 4.78 is 18.2. The molecule has 0 saturated carbocycles. The van der Waals surface area contributed by atoms with E-state index in [1.807, 2.05) is 0 Å². The van der Waals surface area contributed by atoms with Gasteiger partial charge < -0.3 is 10.1 Å². The molecule has 1 heterocycles. The van der Waals surface area contributed by atoms with E-state index in [-0.39, 0.29) is 16.9 Å². The van der Waals surface area contributed by atoms with Gasteiger partial charge in [0, 0.05) is 0 Å². The second kappa shape index (κ2) is 8.44. The van der Waals surface area contributed by atoms with Crippen molar-refractivity contribution in [3.8, 4) is 0 Å². The van der Waals surface area contributed by atoms with E-state index in [4.69, 9.17) is 4.74 Å². The topological polar surface area (TPSA) is 92.8 Å². The molecule has 0 unspecified atom stereocenters. The third-order valence-electron chi connectivity index (χ3n) is 4.94. The lowest BCUT2D eigenvalue weighted by Crippen LogP contribution is -2.46. The molecule has 1 N–H and O–H groups in total. The minimum Gasteiger partial charge on any atom is -0.451 e. The minimum absolute atomic E-state index is 0.223. The summed E-state index contributed by atoms with van der Waals surface area (Å²) in [6.07, 6.45) is -1.15. The number of imide groups is 1. The molecular formula is C22H21FN2O5. The smallest absolute Gasteiger partial charge is 0.329 e. The van der Waals surface area contributed by atoms with Gasteiger partial charge in [0.2, 0.25) is 0 Å². The zero-order valence-electron chi connectivity index (χ0n) is 16.7. The van der Waals surface area contributed by atoms with E-state index in [1.165, 1.54) is 38.1 Å². The zero-order chi connectivity index (χ0) is 22.0. The average molecular weight is 412 g/mol. The lowest BCUT2D eigenvalue weighted by atomic mass is 10.1. The fourth-order valence-electron chi connectivity index (χ4n) is 3.16. The molecule has 2 aromatic rings. The van der Waals surface area contributed by atoms with Crippen LogP contribution in [0.2, 0.25) is 0 Å². The van der Waals surface area contributed by atoms with Gasteiger partial charge in [-0.2, -0.15) is 0 Å². The molecule has 0 bridgehead atoms. The van der Waals surface area contributed by atoms with Crippen LogP contribution in [0.15, 0.2) is 48.5 Å². The van der Waals surface area contributed by atoms with Crippen LogP contribution in [-0.4, -0.2) is 40.7 Å². The summed E-state index contributed by atoms with van der Waals surface area (Å²) in [5.41, 5.74) is 1.13. The number of nitrogens with one attached hydrogen (secondary N) is 1. The second-order valence-corrected chi connectivity index (χ2v) is 7.06. The molecule has 0 fully saturated rings. The SMILES string of the molecule is C[C@H](OC(=O)[C@@H](C)N1C(=O)c2ccccc2C1=O)C(=O)N[C@H](C)c1ccc(F)cc1. The number of esters is 1. The molecule has 156 valence electrons. The Kier molecular flexibility index (Phi) is 5.96. The Morgan fingerprint density at radius 1 is 0.933 bits per heavy atom. The van der Waals surface area contributed by atoms with Gasteiger partial charge in [-0.25, -0.2) is 9.18 Å². The van der Waals surface area contributed by atoms with Crippen LogP contribution in [-0.2, 0) is 14.3 Å². The Bertz CT molecular complexity index is 970. The predicted molar refractivity (Wildman–Crippen MR) is 105 cm³/mol. The van der Waals surface area contributed by atoms with Crippen LogP contribution in [0.5, 0.6) is 0 Å². The van der Waals surface area contributed by atoms with Crippen molar-refractivity contribution in [2.45, 2.75) is 39.0 Å². The van der Waals surface area contributed by atoms with Gasteiger partial charge in [-0.1, -0.05) is 24.3 Å². The first kappa shape index (κ1) is 21.2. The third kappa shape index (κ3) is 4.07. The lowest BCUT2D eigenvalue weighted by molar-refractivity contribution is -0.158. The maximum atomic E-state index is 13.0. The molecule has 7 nitrogen and oxygen atoms in total. The molecule has 0 saturated heterocycles. The minimum atomic E-state index is -1.19. The van der Waals surface area contributed by atoms with Crippen LogP contribution in [0.1, 0.15) is 53.1 Å². The quantitative estimate of drug-likeness (QED) is 0.582. The lowest BCUT2D eigenvalue weighted by Gasteiger charge is -2.23. The molecular weight excluding hydrogens is 391 g/mol. The Morgan fingerprint density at radius 3 is 2.00 bits per heavy atom. The van der Waals surface area contributed by atoms with Crippen molar-refractivity contribution in [3.63, 3.8) is 0 Å². The number of fused-ring (bicyclic) bond motifs is 1. The highest BCUT2D eigenvalue weighted by molar-refractivity contribution is 6.22. The highest BCUT2D eigenvalue weighted by atomic mass is 19.1. The molecule has 0 aromatic heterocycles. The Labute approximate surface area is 172 Å². The van der Waals surface area contributed by atoms with Gasteiger partial charge in [0.05, 0.1) is 17.2 Å². The Morgan fingerprint density at radius 2 is 1.47 bits per heavy atom. The van der Waals surface area contributed by atoms with Crippen molar-refractivity contribution in [1.29, 1.82) is 0 Å². The maximum absolute atomic E-state index is 13.0. The van der Waals surface area contributed by atoms with Crippen LogP contribution < -0.4 is 5.32 Å². The monoisotopic (exact) mass is 412 g/mol. The van der Waals surface area contributed by atoms with Gasteiger partial charge in [0.1, 0.15) is 11.9 Å². The first-order valence-corrected chi connectivity index (χ1v) is 9.44. The number of ether oxygens (including phenoxy) is 1. The van der Waals surface area contributed by atoms with E-state index in [0.29, 0.717) is 5.56 Å². The Balaban J connectivity index is 1.61. The van der Waals surface area contributed by atoms with Crippen LogP contribution >= 0.6 is 0 Å². The van der Waals surface area contributed by atoms with Gasteiger partial charge in [-0.3, -0.25) is 19.3 Å². The number of rotatable bonds is 6. The van der Waals surface area contributed by atoms with Crippen LogP contribution in [0.25, 0.3) is 0 Å². The summed E-state index contributed by atoms with van der Waals surface area (Å²) in [4.78, 5) is 50.7. The van der Waals surface area contributed by atoms with E-state index >= 15 is 0 Å². The highest BCUT2D eigenvalue weighted by Crippen LogP contribution is 2.25. The second-order valence-electron chi connectivity index (χ2n) is 7.06. The number of hydrogen-bond donors (Lipinski definition) is 1. The molecule has 0 spiro atoms. The van der Waals surface area contributed by atoms with Crippen molar-refractivity contribution < 1.29 is 28.3 Å². The van der Waals surface area contributed by atoms with Crippen LogP contribution in [0, 0.1) is 5.82 Å². The fraction of sp³-hybridized carbons (Fsp3) is 0.273. The molecule has 3 rings (SSSR count). The molecule has 1 aliphatic heterocycles. The molecule has 8 heteroatoms. The summed E-state index contributed by atoms with van der Waals surface area (Å²) >= 11 is 0. The highest BCUT2D eigenvalue weighted by Gasteiger charge is 2.41. The molecule has 0 radical (unpaired) electrons. The third-order valence-corrected chi connectivity index (χ3v) is 4.94. The van der Waals surface area contributed by atoms with Crippen molar-refractivity contribution in [1.82, 2.24) is 10.2 Å². The number of halogens is 1. The summed E-state index contributed by atoms with van der Waals surface area (Å²) in [6.45, 7) is 4.47. The van der Waals surface area contributed by atoms with Crippen LogP contribution in [0.4, 0.5) is 4.39 Å². The standard InChI is InChI=1S/C22H21FN2O5/c1-12(15-8-10-16(23)11-9-15)24-19(26)14(3)30-22(29)13(2)25-20(27)17-6-4-5-7-18(17)21(25)28/h4-14H,1-3H3,(H,24,26)/t12-,13-,14+/m1/s1. The zero-order valence-corrected chi connectivity index (χ0v) is 16.7. The summed E-state index contributed by atoms with van der Waals surface area (Å²) in [5, 5.41) is 2.67. The normalized spacial score (nSPS) is 15.9. The average Bonchev–Trinajstić information content (AvgIpc) is 2.98. The molecule has 3 amide bonds.